The number of nitrogens with two attached hydrogens (primary N) is 1. The summed E-state index contributed by atoms with van der Waals surface area (Å²) in [7, 11) is 1.57. The highest BCUT2D eigenvalue weighted by atomic mass is 32.2. The second-order valence-corrected chi connectivity index (χ2v) is 9.23. The number of hydrogen-bond acceptors (Lipinski definition) is 5. The molecule has 156 valence electrons. The van der Waals surface area contributed by atoms with Gasteiger partial charge in [0.25, 0.3) is 0 Å². The van der Waals surface area contributed by atoms with Crippen molar-refractivity contribution >= 4 is 34.7 Å². The summed E-state index contributed by atoms with van der Waals surface area (Å²) in [5.74, 6) is -1.34. The molecule has 1 saturated carbocycles. The number of halogens is 2. The quantitative estimate of drug-likeness (QED) is 0.777. The van der Waals surface area contributed by atoms with Gasteiger partial charge < -0.3 is 11.1 Å². The van der Waals surface area contributed by atoms with E-state index in [4.69, 9.17) is 5.73 Å². The second-order valence-electron chi connectivity index (χ2n) is 7.88. The smallest absolute Gasteiger partial charge is 0.236 e. The largest absolute Gasteiger partial charge is 0.378 e. The van der Waals surface area contributed by atoms with E-state index in [1.165, 1.54) is 30.0 Å². The van der Waals surface area contributed by atoms with Crippen molar-refractivity contribution in [2.45, 2.75) is 30.6 Å². The van der Waals surface area contributed by atoms with E-state index in [1.807, 2.05) is 6.92 Å². The Bertz CT molecular complexity index is 1090. The maximum absolute atomic E-state index is 14.9. The molecule has 1 aromatic heterocycles. The molecule has 2 aliphatic rings. The second kappa shape index (κ2) is 7.19. The number of nitrogens with one attached hydrogen (secondary N) is 1. The van der Waals surface area contributed by atoms with Crippen LogP contribution in [0.1, 0.15) is 35.7 Å². The van der Waals surface area contributed by atoms with Crippen molar-refractivity contribution in [1.82, 2.24) is 10.3 Å². The van der Waals surface area contributed by atoms with Gasteiger partial charge >= 0.3 is 0 Å². The molecule has 1 fully saturated rings. The fraction of sp³-hybridized carbons (Fsp3) is 0.318. The number of carbonyl (C=O) groups is 1. The summed E-state index contributed by atoms with van der Waals surface area (Å²) in [5.41, 5.74) is 6.91. The average molecular weight is 429 g/mol. The first-order chi connectivity index (χ1) is 14.2. The molecular weight excluding hydrogens is 406 g/mol. The number of hydrogen-bond donors (Lipinski definition) is 2. The van der Waals surface area contributed by atoms with E-state index >= 15 is 0 Å². The molecule has 4 rings (SSSR count). The molecule has 0 spiro atoms. The van der Waals surface area contributed by atoms with Crippen LogP contribution in [0.2, 0.25) is 0 Å². The van der Waals surface area contributed by atoms with E-state index in [0.717, 1.165) is 5.56 Å². The lowest BCUT2D eigenvalue weighted by Crippen LogP contribution is -2.43. The molecule has 1 aliphatic carbocycles. The summed E-state index contributed by atoms with van der Waals surface area (Å²) >= 11 is 1.22. The van der Waals surface area contributed by atoms with Crippen molar-refractivity contribution < 1.29 is 13.6 Å². The molecule has 5 nitrogen and oxygen atoms in total. The highest BCUT2D eigenvalue weighted by molar-refractivity contribution is 8.15. The van der Waals surface area contributed by atoms with Crippen molar-refractivity contribution in [2.24, 2.45) is 16.6 Å². The summed E-state index contributed by atoms with van der Waals surface area (Å²) in [4.78, 5) is 21.1. The fourth-order valence-electron chi connectivity index (χ4n) is 4.13. The third-order valence-corrected chi connectivity index (χ3v) is 7.12. The molecule has 0 saturated heterocycles. The lowest BCUT2D eigenvalue weighted by molar-refractivity contribution is -0.121. The van der Waals surface area contributed by atoms with Gasteiger partial charge in [0, 0.05) is 24.7 Å². The van der Waals surface area contributed by atoms with Gasteiger partial charge in [-0.25, -0.2) is 8.78 Å². The third-order valence-electron chi connectivity index (χ3n) is 5.81. The van der Waals surface area contributed by atoms with Gasteiger partial charge in [0.1, 0.15) is 16.4 Å². The van der Waals surface area contributed by atoms with E-state index in [2.05, 4.69) is 15.3 Å². The number of carbonyl (C=O) groups excluding carboxylic acids is 1. The van der Waals surface area contributed by atoms with Crippen molar-refractivity contribution in [3.63, 3.8) is 0 Å². The number of benzene rings is 1. The normalized spacial score (nSPS) is 27.8. The average Bonchev–Trinajstić information content (AvgIpc) is 3.45. The first-order valence-corrected chi connectivity index (χ1v) is 10.4. The number of nitrogens with zero attached hydrogens (tertiary/aromatic N) is 2. The maximum atomic E-state index is 14.9. The van der Waals surface area contributed by atoms with Gasteiger partial charge in [0.15, 0.2) is 5.17 Å². The van der Waals surface area contributed by atoms with Gasteiger partial charge in [-0.3, -0.25) is 14.8 Å². The number of aromatic nitrogens is 1. The molecule has 0 unspecified atom stereocenters. The molecule has 1 amide bonds. The SMILES string of the molecule is CNC(=O)[C@]12C[C@H]1[C@@](C)(c1cc(/C=C(\F)c3ccc(C)cn3)ccc1F)N=C(N)S2. The Morgan fingerprint density at radius 3 is 2.80 bits per heavy atom. The number of amidine groups is 1. The summed E-state index contributed by atoms with van der Waals surface area (Å²) in [6.45, 7) is 3.65. The van der Waals surface area contributed by atoms with Crippen LogP contribution < -0.4 is 11.1 Å². The Morgan fingerprint density at radius 1 is 1.37 bits per heavy atom. The zero-order chi connectivity index (χ0) is 21.7. The molecule has 1 aliphatic heterocycles. The van der Waals surface area contributed by atoms with Crippen LogP contribution in [0.4, 0.5) is 8.78 Å². The molecular formula is C22H22F2N4OS. The van der Waals surface area contributed by atoms with Gasteiger partial charge in [-0.05, 0) is 55.7 Å². The topological polar surface area (TPSA) is 80.4 Å². The first-order valence-electron chi connectivity index (χ1n) is 9.56. The van der Waals surface area contributed by atoms with E-state index in [0.29, 0.717) is 17.5 Å². The standard InChI is InChI=1S/C22H22F2N4OS/c1-12-4-7-17(27-11-12)16(24)9-13-5-6-15(23)14(8-13)21(2)18-10-22(18,19(29)26-3)30-20(25)28-21/h4-9,11,18H,10H2,1-3H3,(H2,25,28)(H,26,29)/b16-9-/t18-,21+,22-/m0/s1. The van der Waals surface area contributed by atoms with Crippen LogP contribution in [-0.2, 0) is 10.3 Å². The Kier molecular flexibility index (Phi) is 4.92. The lowest BCUT2D eigenvalue weighted by atomic mass is 9.84. The van der Waals surface area contributed by atoms with Crippen LogP contribution in [0.5, 0.6) is 0 Å². The molecule has 3 atom stereocenters. The van der Waals surface area contributed by atoms with Crippen LogP contribution in [0.3, 0.4) is 0 Å². The van der Waals surface area contributed by atoms with Crippen molar-refractivity contribution in [1.29, 1.82) is 0 Å². The van der Waals surface area contributed by atoms with Crippen LogP contribution in [-0.4, -0.2) is 27.9 Å². The predicted molar refractivity (Wildman–Crippen MR) is 116 cm³/mol. The van der Waals surface area contributed by atoms with Crippen LogP contribution in [0.25, 0.3) is 11.9 Å². The first kappa shape index (κ1) is 20.5. The molecule has 8 heteroatoms. The number of amides is 1. The van der Waals surface area contributed by atoms with Crippen LogP contribution in [0, 0.1) is 18.7 Å². The number of thioether (sulfide) groups is 1. The minimum atomic E-state index is -1.02. The van der Waals surface area contributed by atoms with Crippen LogP contribution >= 0.6 is 11.8 Å². The summed E-state index contributed by atoms with van der Waals surface area (Å²) in [6, 6.07) is 7.73. The Balaban J connectivity index is 1.73. The Hall–Kier alpha value is -2.74. The van der Waals surface area contributed by atoms with E-state index in [-0.39, 0.29) is 22.7 Å². The summed E-state index contributed by atoms with van der Waals surface area (Å²) < 4.78 is 28.8. The minimum absolute atomic E-state index is 0.144. The number of pyridine rings is 1. The number of rotatable bonds is 4. The van der Waals surface area contributed by atoms with Crippen molar-refractivity contribution in [3.05, 3.63) is 64.7 Å². The molecule has 2 aromatic rings. The predicted octanol–water partition coefficient (Wildman–Crippen LogP) is 3.78. The highest BCUT2D eigenvalue weighted by Crippen LogP contribution is 2.66. The Morgan fingerprint density at radius 2 is 2.13 bits per heavy atom. The number of aliphatic imine (C=N–C) groups is 1. The lowest BCUT2D eigenvalue weighted by Gasteiger charge is -2.33. The van der Waals surface area contributed by atoms with Crippen molar-refractivity contribution in [3.8, 4) is 0 Å². The zero-order valence-electron chi connectivity index (χ0n) is 16.9. The molecule has 0 radical (unpaired) electrons. The summed E-state index contributed by atoms with van der Waals surface area (Å²) in [6.07, 6.45) is 3.44. The summed E-state index contributed by atoms with van der Waals surface area (Å²) in [5, 5.41) is 2.91. The number of aryl methyl sites for hydroxylation is 1. The monoisotopic (exact) mass is 428 g/mol. The number of fused-ring (bicyclic) bond motifs is 1. The van der Waals surface area contributed by atoms with Gasteiger partial charge in [0.2, 0.25) is 5.91 Å². The van der Waals surface area contributed by atoms with E-state index in [1.54, 1.807) is 38.4 Å². The zero-order valence-corrected chi connectivity index (χ0v) is 17.7. The van der Waals surface area contributed by atoms with Crippen LogP contribution in [0.15, 0.2) is 41.5 Å². The highest BCUT2D eigenvalue weighted by Gasteiger charge is 2.70. The van der Waals surface area contributed by atoms with E-state index in [9.17, 15) is 13.6 Å². The molecule has 1 aromatic carbocycles. The van der Waals surface area contributed by atoms with Gasteiger partial charge in [-0.2, -0.15) is 0 Å². The van der Waals surface area contributed by atoms with Gasteiger partial charge in [-0.15, -0.1) is 0 Å². The van der Waals surface area contributed by atoms with Gasteiger partial charge in [0.05, 0.1) is 11.2 Å². The molecule has 2 heterocycles. The minimum Gasteiger partial charge on any atom is -0.378 e. The maximum Gasteiger partial charge on any atom is 0.236 e. The van der Waals surface area contributed by atoms with E-state index < -0.39 is 21.9 Å². The molecule has 0 bridgehead atoms. The molecule has 3 N–H and O–H groups in total. The van der Waals surface area contributed by atoms with Gasteiger partial charge in [-0.1, -0.05) is 23.9 Å². The third kappa shape index (κ3) is 3.29. The fourth-order valence-corrected chi connectivity index (χ4v) is 5.56. The Labute approximate surface area is 177 Å². The van der Waals surface area contributed by atoms with Crippen molar-refractivity contribution in [2.75, 3.05) is 7.05 Å². The molecule has 30 heavy (non-hydrogen) atoms.